The van der Waals surface area contributed by atoms with E-state index in [2.05, 4.69) is 25.4 Å². The van der Waals surface area contributed by atoms with Crippen molar-refractivity contribution in [1.29, 1.82) is 0 Å². The average Bonchev–Trinajstić information content (AvgIpc) is 3.24. The van der Waals surface area contributed by atoms with Crippen LogP contribution < -0.4 is 10.2 Å². The first-order chi connectivity index (χ1) is 12.6. The molecule has 0 aliphatic heterocycles. The third-order valence-corrected chi connectivity index (χ3v) is 4.67. The van der Waals surface area contributed by atoms with E-state index >= 15 is 0 Å². The lowest BCUT2D eigenvalue weighted by Crippen LogP contribution is -2.25. The second-order valence-electron chi connectivity index (χ2n) is 5.24. The number of fused-ring (bicyclic) bond motifs is 1. The third-order valence-electron chi connectivity index (χ3n) is 3.51. The number of carbonyl (C=O) groups is 1. The fraction of sp³-hybridized carbons (Fsp3) is 0.0625. The van der Waals surface area contributed by atoms with E-state index in [1.165, 1.54) is 17.5 Å². The quantitative estimate of drug-likeness (QED) is 0.577. The largest absolute Gasteiger partial charge is 0.432 e. The minimum Gasteiger partial charge on any atom is -0.406 e. The predicted octanol–water partition coefficient (Wildman–Crippen LogP) is 3.65. The summed E-state index contributed by atoms with van der Waals surface area (Å²) >= 11 is 7.16. The number of nitrogens with zero attached hydrogens (tertiary/aromatic N) is 5. The molecule has 0 spiro atoms. The highest BCUT2D eigenvalue weighted by atomic mass is 35.5. The Bertz CT molecular complexity index is 1110. The number of nitrogens with one attached hydrogen (secondary N) is 1. The van der Waals surface area contributed by atoms with Crippen molar-refractivity contribution in [2.45, 2.75) is 6.92 Å². The summed E-state index contributed by atoms with van der Waals surface area (Å²) in [4.78, 5) is 28.8. The Morgan fingerprint density at radius 2 is 2.19 bits per heavy atom. The molecule has 1 N–H and O–H groups in total. The van der Waals surface area contributed by atoms with Gasteiger partial charge < -0.3 is 4.74 Å². The summed E-state index contributed by atoms with van der Waals surface area (Å²) in [5, 5.41) is 3.59. The highest BCUT2D eigenvalue weighted by Gasteiger charge is 2.13. The zero-order chi connectivity index (χ0) is 18.1. The first-order valence-corrected chi connectivity index (χ1v) is 8.71. The van der Waals surface area contributed by atoms with Crippen LogP contribution in [0.5, 0.6) is 5.75 Å². The van der Waals surface area contributed by atoms with Gasteiger partial charge in [0.05, 0.1) is 17.4 Å². The molecule has 0 aliphatic rings. The molecule has 4 aromatic heterocycles. The third kappa shape index (κ3) is 3.22. The molecular weight excluding hydrogens is 376 g/mol. The standard InChI is InChI=1S/C16H11ClN6O2S/c1-9-12(7-19-14(20-9)15-21-13(17)8-26-15)25-16(24)22-23-5-3-10-6-18-4-2-11(10)23/h2-8H,1H3,(H,22,24). The first kappa shape index (κ1) is 16.4. The van der Waals surface area contributed by atoms with Gasteiger partial charge in [-0.2, -0.15) is 0 Å². The van der Waals surface area contributed by atoms with Gasteiger partial charge >= 0.3 is 6.09 Å². The molecule has 0 saturated heterocycles. The Hall–Kier alpha value is -3.04. The molecule has 4 aromatic rings. The highest BCUT2D eigenvalue weighted by Crippen LogP contribution is 2.25. The Morgan fingerprint density at radius 1 is 1.31 bits per heavy atom. The van der Waals surface area contributed by atoms with Crippen LogP contribution in [0.25, 0.3) is 21.7 Å². The number of ether oxygens (including phenoxy) is 1. The molecule has 8 nitrogen and oxygen atoms in total. The SMILES string of the molecule is Cc1nc(-c2nc(Cl)cs2)ncc1OC(=O)Nn1ccc2cnccc21. The van der Waals surface area contributed by atoms with Crippen molar-refractivity contribution < 1.29 is 9.53 Å². The summed E-state index contributed by atoms with van der Waals surface area (Å²) in [6, 6.07) is 3.63. The molecule has 0 aromatic carbocycles. The topological polar surface area (TPSA) is 94.8 Å². The van der Waals surface area contributed by atoms with Gasteiger partial charge in [0.1, 0.15) is 5.15 Å². The van der Waals surface area contributed by atoms with Crippen molar-refractivity contribution in [1.82, 2.24) is 24.6 Å². The number of hydrogen-bond donors (Lipinski definition) is 1. The summed E-state index contributed by atoms with van der Waals surface area (Å²) in [5.41, 5.74) is 3.95. The molecule has 0 bridgehead atoms. The van der Waals surface area contributed by atoms with Crippen molar-refractivity contribution in [3.63, 3.8) is 0 Å². The van der Waals surface area contributed by atoms with E-state index in [4.69, 9.17) is 16.3 Å². The number of pyridine rings is 1. The Balaban J connectivity index is 1.50. The predicted molar refractivity (Wildman–Crippen MR) is 98.0 cm³/mol. The van der Waals surface area contributed by atoms with Crippen LogP contribution in [0.15, 0.2) is 42.3 Å². The summed E-state index contributed by atoms with van der Waals surface area (Å²) in [5.74, 6) is 0.683. The number of hydrogen-bond acceptors (Lipinski definition) is 7. The van der Waals surface area contributed by atoms with Gasteiger partial charge in [0, 0.05) is 29.4 Å². The number of halogens is 1. The smallest absolute Gasteiger partial charge is 0.406 e. The van der Waals surface area contributed by atoms with Crippen LogP contribution in [0.3, 0.4) is 0 Å². The van der Waals surface area contributed by atoms with Crippen LogP contribution in [0, 0.1) is 6.92 Å². The average molecular weight is 387 g/mol. The Morgan fingerprint density at radius 3 is 2.96 bits per heavy atom. The van der Waals surface area contributed by atoms with Crippen LogP contribution in [0.1, 0.15) is 5.69 Å². The van der Waals surface area contributed by atoms with E-state index in [1.807, 2.05) is 6.07 Å². The van der Waals surface area contributed by atoms with E-state index in [9.17, 15) is 4.79 Å². The molecular formula is C16H11ClN6O2S. The van der Waals surface area contributed by atoms with Crippen LogP contribution in [0.4, 0.5) is 4.79 Å². The van der Waals surface area contributed by atoms with E-state index in [0.29, 0.717) is 21.7 Å². The van der Waals surface area contributed by atoms with Crippen molar-refractivity contribution in [3.8, 4) is 16.6 Å². The van der Waals surface area contributed by atoms with Gasteiger partial charge in [-0.1, -0.05) is 11.6 Å². The van der Waals surface area contributed by atoms with Crippen LogP contribution >= 0.6 is 22.9 Å². The lowest BCUT2D eigenvalue weighted by Gasteiger charge is -2.10. The summed E-state index contributed by atoms with van der Waals surface area (Å²) < 4.78 is 6.87. The van der Waals surface area contributed by atoms with E-state index in [1.54, 1.807) is 41.6 Å². The molecule has 130 valence electrons. The molecule has 0 radical (unpaired) electrons. The normalized spacial score (nSPS) is 10.8. The van der Waals surface area contributed by atoms with E-state index in [-0.39, 0.29) is 5.75 Å². The van der Waals surface area contributed by atoms with E-state index in [0.717, 1.165) is 10.9 Å². The zero-order valence-corrected chi connectivity index (χ0v) is 15.0. The molecule has 0 aliphatic carbocycles. The number of carbonyl (C=O) groups excluding carboxylic acids is 1. The fourth-order valence-electron chi connectivity index (χ4n) is 2.32. The minimum atomic E-state index is -0.656. The molecule has 4 rings (SSSR count). The van der Waals surface area contributed by atoms with Crippen molar-refractivity contribution in [2.75, 3.05) is 5.43 Å². The lowest BCUT2D eigenvalue weighted by atomic mass is 10.3. The van der Waals surface area contributed by atoms with Gasteiger partial charge in [0.2, 0.25) is 0 Å². The van der Waals surface area contributed by atoms with Gasteiger partial charge in [0.15, 0.2) is 16.6 Å². The lowest BCUT2D eigenvalue weighted by molar-refractivity contribution is 0.211. The van der Waals surface area contributed by atoms with Gasteiger partial charge in [-0.05, 0) is 19.1 Å². The molecule has 0 saturated carbocycles. The molecule has 0 atom stereocenters. The molecule has 0 fully saturated rings. The number of aryl methyl sites for hydroxylation is 1. The maximum Gasteiger partial charge on any atom is 0.432 e. The molecule has 10 heteroatoms. The van der Waals surface area contributed by atoms with Gasteiger partial charge in [0.25, 0.3) is 0 Å². The monoisotopic (exact) mass is 386 g/mol. The summed E-state index contributed by atoms with van der Waals surface area (Å²) in [6.07, 6.45) is 5.85. The number of amides is 1. The minimum absolute atomic E-state index is 0.257. The Kier molecular flexibility index (Phi) is 4.23. The van der Waals surface area contributed by atoms with E-state index < -0.39 is 6.09 Å². The number of aromatic nitrogens is 5. The second kappa shape index (κ2) is 6.70. The second-order valence-corrected chi connectivity index (χ2v) is 6.49. The van der Waals surface area contributed by atoms with Crippen molar-refractivity contribution in [3.05, 3.63) is 53.1 Å². The summed E-state index contributed by atoms with van der Waals surface area (Å²) in [7, 11) is 0. The molecule has 4 heterocycles. The highest BCUT2D eigenvalue weighted by molar-refractivity contribution is 7.13. The number of rotatable bonds is 3. The van der Waals surface area contributed by atoms with Crippen molar-refractivity contribution in [2.24, 2.45) is 0 Å². The van der Waals surface area contributed by atoms with Crippen LogP contribution in [-0.4, -0.2) is 30.7 Å². The maximum atomic E-state index is 12.2. The van der Waals surface area contributed by atoms with Gasteiger partial charge in [-0.15, -0.1) is 11.3 Å². The van der Waals surface area contributed by atoms with Crippen molar-refractivity contribution >= 4 is 39.9 Å². The molecule has 1 amide bonds. The van der Waals surface area contributed by atoms with Gasteiger partial charge in [-0.3, -0.25) is 9.66 Å². The maximum absolute atomic E-state index is 12.2. The fourth-order valence-corrected chi connectivity index (χ4v) is 3.20. The summed E-state index contributed by atoms with van der Waals surface area (Å²) in [6.45, 7) is 1.72. The molecule has 0 unspecified atom stereocenters. The zero-order valence-electron chi connectivity index (χ0n) is 13.4. The van der Waals surface area contributed by atoms with Crippen LogP contribution in [0.2, 0.25) is 5.15 Å². The Labute approximate surface area is 156 Å². The first-order valence-electron chi connectivity index (χ1n) is 7.45. The van der Waals surface area contributed by atoms with Gasteiger partial charge in [-0.25, -0.2) is 25.2 Å². The van der Waals surface area contributed by atoms with Crippen LogP contribution in [-0.2, 0) is 0 Å². The number of thiazole rings is 1. The molecule has 26 heavy (non-hydrogen) atoms.